The van der Waals surface area contributed by atoms with Crippen LogP contribution in [0.1, 0.15) is 29.3 Å². The van der Waals surface area contributed by atoms with Crippen molar-refractivity contribution in [3.63, 3.8) is 0 Å². The Hall–Kier alpha value is -1.66. The van der Waals surface area contributed by atoms with E-state index in [0.717, 1.165) is 26.7 Å². The standard InChI is InChI=1S/C17H16Br2N2O2/c1-2-9-23-16-8-7-15(19)10-13(16)11-20-21-17(22)12-3-5-14(18)6-4-12/h3-8,10-11H,2,9H2,1H3,(H,21,22). The molecule has 2 aromatic rings. The van der Waals surface area contributed by atoms with Gasteiger partial charge in [-0.3, -0.25) is 4.79 Å². The molecule has 0 saturated heterocycles. The van der Waals surface area contributed by atoms with Gasteiger partial charge in [0.15, 0.2) is 0 Å². The molecule has 0 atom stereocenters. The maximum absolute atomic E-state index is 12.0. The molecule has 0 aromatic heterocycles. The number of hydrogen-bond acceptors (Lipinski definition) is 3. The molecule has 2 aromatic carbocycles. The first kappa shape index (κ1) is 17.7. The van der Waals surface area contributed by atoms with E-state index in [-0.39, 0.29) is 5.91 Å². The number of carbonyl (C=O) groups excluding carboxylic acids is 1. The third kappa shape index (κ3) is 5.48. The summed E-state index contributed by atoms with van der Waals surface area (Å²) < 4.78 is 7.51. The van der Waals surface area contributed by atoms with Crippen molar-refractivity contribution in [1.82, 2.24) is 5.43 Å². The number of benzene rings is 2. The second-order valence-electron chi connectivity index (χ2n) is 4.74. The highest BCUT2D eigenvalue weighted by molar-refractivity contribution is 9.10. The molecule has 0 aliphatic heterocycles. The van der Waals surface area contributed by atoms with Crippen LogP contribution in [0.15, 0.2) is 56.5 Å². The van der Waals surface area contributed by atoms with E-state index in [9.17, 15) is 4.79 Å². The number of nitrogens with one attached hydrogen (secondary N) is 1. The lowest BCUT2D eigenvalue weighted by Gasteiger charge is -2.08. The lowest BCUT2D eigenvalue weighted by atomic mass is 10.2. The fourth-order valence-corrected chi connectivity index (χ4v) is 2.43. The predicted molar refractivity (Wildman–Crippen MR) is 99.1 cm³/mol. The Morgan fingerprint density at radius 2 is 1.87 bits per heavy atom. The van der Waals surface area contributed by atoms with Gasteiger partial charge in [0.2, 0.25) is 0 Å². The molecule has 0 heterocycles. The van der Waals surface area contributed by atoms with Gasteiger partial charge in [0, 0.05) is 20.1 Å². The average molecular weight is 440 g/mol. The van der Waals surface area contributed by atoms with Crippen LogP contribution >= 0.6 is 31.9 Å². The van der Waals surface area contributed by atoms with Crippen molar-refractivity contribution in [2.24, 2.45) is 5.10 Å². The van der Waals surface area contributed by atoms with Crippen LogP contribution in [0.4, 0.5) is 0 Å². The second-order valence-corrected chi connectivity index (χ2v) is 6.57. The summed E-state index contributed by atoms with van der Waals surface area (Å²) in [6, 6.07) is 12.7. The van der Waals surface area contributed by atoms with Crippen LogP contribution in [-0.2, 0) is 0 Å². The molecular weight excluding hydrogens is 424 g/mol. The third-order valence-electron chi connectivity index (χ3n) is 2.91. The molecule has 0 spiro atoms. The largest absolute Gasteiger partial charge is 0.493 e. The minimum Gasteiger partial charge on any atom is -0.493 e. The van der Waals surface area contributed by atoms with E-state index in [0.29, 0.717) is 12.2 Å². The normalized spacial score (nSPS) is 10.7. The maximum Gasteiger partial charge on any atom is 0.271 e. The minimum absolute atomic E-state index is 0.264. The molecule has 6 heteroatoms. The third-order valence-corrected chi connectivity index (χ3v) is 3.93. The van der Waals surface area contributed by atoms with Gasteiger partial charge in [-0.2, -0.15) is 5.10 Å². The average Bonchev–Trinajstić information content (AvgIpc) is 2.54. The first-order valence-electron chi connectivity index (χ1n) is 7.11. The molecule has 1 amide bonds. The van der Waals surface area contributed by atoms with Gasteiger partial charge in [0.1, 0.15) is 5.75 Å². The molecule has 0 radical (unpaired) electrons. The summed E-state index contributed by atoms with van der Waals surface area (Å²) in [5.74, 6) is 0.469. The molecule has 0 saturated carbocycles. The van der Waals surface area contributed by atoms with Crippen LogP contribution in [0.3, 0.4) is 0 Å². The van der Waals surface area contributed by atoms with Gasteiger partial charge in [0.25, 0.3) is 5.91 Å². The predicted octanol–water partition coefficient (Wildman–Crippen LogP) is 4.76. The van der Waals surface area contributed by atoms with Gasteiger partial charge in [-0.1, -0.05) is 38.8 Å². The summed E-state index contributed by atoms with van der Waals surface area (Å²) in [5.41, 5.74) is 3.85. The zero-order chi connectivity index (χ0) is 16.7. The van der Waals surface area contributed by atoms with E-state index in [1.165, 1.54) is 0 Å². The van der Waals surface area contributed by atoms with Crippen LogP contribution in [0.2, 0.25) is 0 Å². The van der Waals surface area contributed by atoms with Crippen LogP contribution in [-0.4, -0.2) is 18.7 Å². The van der Waals surface area contributed by atoms with Gasteiger partial charge in [-0.25, -0.2) is 5.43 Å². The van der Waals surface area contributed by atoms with E-state index < -0.39 is 0 Å². The van der Waals surface area contributed by atoms with Gasteiger partial charge in [-0.15, -0.1) is 0 Å². The van der Waals surface area contributed by atoms with Gasteiger partial charge in [0.05, 0.1) is 12.8 Å². The lowest BCUT2D eigenvalue weighted by Crippen LogP contribution is -2.17. The number of nitrogens with zero attached hydrogens (tertiary/aromatic N) is 1. The van der Waals surface area contributed by atoms with Crippen molar-refractivity contribution in [2.75, 3.05) is 6.61 Å². The van der Waals surface area contributed by atoms with Crippen LogP contribution < -0.4 is 10.2 Å². The highest BCUT2D eigenvalue weighted by atomic mass is 79.9. The smallest absolute Gasteiger partial charge is 0.271 e. The lowest BCUT2D eigenvalue weighted by molar-refractivity contribution is 0.0955. The molecule has 4 nitrogen and oxygen atoms in total. The van der Waals surface area contributed by atoms with Gasteiger partial charge < -0.3 is 4.74 Å². The van der Waals surface area contributed by atoms with Crippen LogP contribution in [0.5, 0.6) is 5.75 Å². The summed E-state index contributed by atoms with van der Waals surface area (Å²) in [5, 5.41) is 4.01. The number of halogens is 2. The molecule has 0 aliphatic carbocycles. The van der Waals surface area contributed by atoms with E-state index in [2.05, 4.69) is 42.4 Å². The Morgan fingerprint density at radius 3 is 2.57 bits per heavy atom. The molecule has 0 bridgehead atoms. The Kier molecular flexibility index (Phi) is 6.80. The number of hydrazone groups is 1. The number of carbonyl (C=O) groups is 1. The van der Waals surface area contributed by atoms with E-state index in [4.69, 9.17) is 4.74 Å². The highest BCUT2D eigenvalue weighted by Crippen LogP contribution is 2.22. The first-order chi connectivity index (χ1) is 11.1. The quantitative estimate of drug-likeness (QED) is 0.520. The monoisotopic (exact) mass is 438 g/mol. The van der Waals surface area contributed by atoms with Gasteiger partial charge in [-0.05, 0) is 48.9 Å². The van der Waals surface area contributed by atoms with E-state index in [1.54, 1.807) is 18.3 Å². The van der Waals surface area contributed by atoms with Crippen molar-refractivity contribution in [3.8, 4) is 5.75 Å². The Morgan fingerprint density at radius 1 is 1.17 bits per heavy atom. The van der Waals surface area contributed by atoms with E-state index >= 15 is 0 Å². The fourth-order valence-electron chi connectivity index (χ4n) is 1.79. The zero-order valence-corrected chi connectivity index (χ0v) is 15.7. The van der Waals surface area contributed by atoms with Crippen molar-refractivity contribution >= 4 is 44.0 Å². The van der Waals surface area contributed by atoms with Crippen molar-refractivity contribution in [2.45, 2.75) is 13.3 Å². The SMILES string of the molecule is CCCOc1ccc(Br)cc1C=NNC(=O)c1ccc(Br)cc1. The minimum atomic E-state index is -0.264. The summed E-state index contributed by atoms with van der Waals surface area (Å²) in [6.07, 6.45) is 2.50. The Balaban J connectivity index is 2.06. The number of amides is 1. The molecule has 0 unspecified atom stereocenters. The Labute approximate surface area is 152 Å². The van der Waals surface area contributed by atoms with Crippen molar-refractivity contribution in [1.29, 1.82) is 0 Å². The molecule has 2 rings (SSSR count). The first-order valence-corrected chi connectivity index (χ1v) is 8.70. The van der Waals surface area contributed by atoms with Crippen LogP contribution in [0, 0.1) is 0 Å². The van der Waals surface area contributed by atoms with E-state index in [1.807, 2.05) is 37.3 Å². The molecular formula is C17H16Br2N2O2. The number of hydrogen-bond donors (Lipinski definition) is 1. The molecule has 0 fully saturated rings. The van der Waals surface area contributed by atoms with Crippen LogP contribution in [0.25, 0.3) is 0 Å². The Bertz CT molecular complexity index is 700. The highest BCUT2D eigenvalue weighted by Gasteiger charge is 2.05. The number of ether oxygens (including phenoxy) is 1. The number of rotatable bonds is 6. The molecule has 120 valence electrons. The summed E-state index contributed by atoms with van der Waals surface area (Å²) >= 11 is 6.75. The second kappa shape index (κ2) is 8.84. The van der Waals surface area contributed by atoms with Crippen molar-refractivity contribution < 1.29 is 9.53 Å². The topological polar surface area (TPSA) is 50.7 Å². The zero-order valence-electron chi connectivity index (χ0n) is 12.6. The van der Waals surface area contributed by atoms with Crippen molar-refractivity contribution in [3.05, 3.63) is 62.5 Å². The maximum atomic E-state index is 12.0. The summed E-state index contributed by atoms with van der Waals surface area (Å²) in [7, 11) is 0. The summed E-state index contributed by atoms with van der Waals surface area (Å²) in [4.78, 5) is 12.0. The molecule has 1 N–H and O–H groups in total. The fraction of sp³-hybridized carbons (Fsp3) is 0.176. The summed E-state index contributed by atoms with van der Waals surface area (Å²) in [6.45, 7) is 2.68. The molecule has 0 aliphatic rings. The van der Waals surface area contributed by atoms with Gasteiger partial charge >= 0.3 is 0 Å². The molecule has 23 heavy (non-hydrogen) atoms.